The number of hydrogen-bond donors (Lipinski definition) is 4. The molecule has 45 heavy (non-hydrogen) atoms. The fraction of sp³-hybridized carbons (Fsp3) is 0. The average Bonchev–Trinajstić information content (AvgIpc) is 3.01. The Kier molecular flexibility index (Phi) is 7.15. The number of phenolic OH excluding ortho intramolecular Hbond substituents is 2. The van der Waals surface area contributed by atoms with Crippen LogP contribution in [0.3, 0.4) is 0 Å². The van der Waals surface area contributed by atoms with Crippen LogP contribution in [0.15, 0.2) is 125 Å². The first-order valence-electron chi connectivity index (χ1n) is 13.1. The lowest BCUT2D eigenvalue weighted by molar-refractivity contribution is 0.0990. The van der Waals surface area contributed by atoms with Crippen LogP contribution in [0.4, 0.5) is 11.4 Å². The molecule has 0 unspecified atom stereocenters. The highest BCUT2D eigenvalue weighted by Crippen LogP contribution is 2.25. The lowest BCUT2D eigenvalue weighted by Gasteiger charge is -2.09. The zero-order chi connectivity index (χ0) is 31.9. The van der Waals surface area contributed by atoms with E-state index < -0.39 is 32.5 Å². The average molecular weight is 625 g/mol. The summed E-state index contributed by atoms with van der Waals surface area (Å²) < 4.78 is 37.3. The van der Waals surface area contributed by atoms with Gasteiger partial charge in [0.05, 0.1) is 20.6 Å². The molecule has 6 rings (SSSR count). The number of hydrogen-bond acceptors (Lipinski definition) is 10. The summed E-state index contributed by atoms with van der Waals surface area (Å²) >= 11 is 0. The molecule has 0 aliphatic rings. The molecule has 0 bridgehead atoms. The Morgan fingerprint density at radius 2 is 0.933 bits per heavy atom. The molecular weight excluding hydrogens is 604 g/mol. The van der Waals surface area contributed by atoms with Crippen molar-refractivity contribution in [2.75, 3.05) is 10.6 Å². The predicted molar refractivity (Wildman–Crippen MR) is 163 cm³/mol. The second-order valence-electron chi connectivity index (χ2n) is 9.77. The van der Waals surface area contributed by atoms with E-state index in [1.165, 1.54) is 84.9 Å². The van der Waals surface area contributed by atoms with Crippen LogP contribution in [0.2, 0.25) is 0 Å². The van der Waals surface area contributed by atoms with Gasteiger partial charge in [0.1, 0.15) is 22.7 Å². The first-order chi connectivity index (χ1) is 21.5. The van der Waals surface area contributed by atoms with E-state index in [1.54, 1.807) is 0 Å². The normalized spacial score (nSPS) is 11.4. The molecule has 4 aromatic carbocycles. The Hall–Kier alpha value is -6.21. The first-order valence-corrected chi connectivity index (χ1v) is 14.6. The van der Waals surface area contributed by atoms with Crippen LogP contribution in [-0.2, 0) is 9.84 Å². The maximum Gasteiger partial charge on any atom is 0.291 e. The third-order valence-corrected chi connectivity index (χ3v) is 8.50. The summed E-state index contributed by atoms with van der Waals surface area (Å²) in [4.78, 5) is 49.9. The lowest BCUT2D eigenvalue weighted by atomic mass is 10.2. The van der Waals surface area contributed by atoms with Gasteiger partial charge in [0.15, 0.2) is 22.4 Å². The summed E-state index contributed by atoms with van der Waals surface area (Å²) in [5, 5.41) is 24.7. The summed E-state index contributed by atoms with van der Waals surface area (Å²) in [6.07, 6.45) is 0. The second-order valence-corrected chi connectivity index (χ2v) is 11.7. The maximum atomic E-state index is 13.2. The zero-order valence-corrected chi connectivity index (χ0v) is 23.6. The van der Waals surface area contributed by atoms with E-state index in [1.807, 2.05) is 0 Å². The molecule has 0 radical (unpaired) electrons. The molecule has 0 aliphatic carbocycles. The Balaban J connectivity index is 1.15. The van der Waals surface area contributed by atoms with Crippen molar-refractivity contribution in [3.8, 4) is 11.5 Å². The highest BCUT2D eigenvalue weighted by atomic mass is 32.2. The molecule has 13 heteroatoms. The molecule has 4 N–H and O–H groups in total. The Labute approximate surface area is 252 Å². The Morgan fingerprint density at radius 1 is 0.556 bits per heavy atom. The smallest absolute Gasteiger partial charge is 0.291 e. The van der Waals surface area contributed by atoms with Gasteiger partial charge in [-0.1, -0.05) is 0 Å². The van der Waals surface area contributed by atoms with Crippen molar-refractivity contribution in [3.05, 3.63) is 129 Å². The minimum absolute atomic E-state index is 0.0288. The van der Waals surface area contributed by atoms with Crippen LogP contribution < -0.4 is 21.5 Å². The first kappa shape index (κ1) is 28.9. The molecule has 0 atom stereocenters. The monoisotopic (exact) mass is 624 g/mol. The van der Waals surface area contributed by atoms with Gasteiger partial charge >= 0.3 is 0 Å². The number of anilines is 2. The van der Waals surface area contributed by atoms with Gasteiger partial charge in [0.25, 0.3) is 11.8 Å². The van der Waals surface area contributed by atoms with Gasteiger partial charge in [0.2, 0.25) is 9.84 Å². The van der Waals surface area contributed by atoms with E-state index in [4.69, 9.17) is 8.83 Å². The van der Waals surface area contributed by atoms with Gasteiger partial charge in [-0.05, 0) is 72.8 Å². The van der Waals surface area contributed by atoms with E-state index in [9.17, 15) is 37.8 Å². The largest absolute Gasteiger partial charge is 0.508 e. The molecule has 2 amide bonds. The fourth-order valence-electron chi connectivity index (χ4n) is 4.47. The number of carbonyl (C=O) groups is 2. The summed E-state index contributed by atoms with van der Waals surface area (Å²) in [7, 11) is -3.99. The van der Waals surface area contributed by atoms with Gasteiger partial charge in [0, 0.05) is 35.6 Å². The number of amides is 2. The minimum atomic E-state index is -3.99. The topological polar surface area (TPSA) is 193 Å². The number of aromatic hydroxyl groups is 2. The number of benzene rings is 4. The van der Waals surface area contributed by atoms with Crippen LogP contribution >= 0.6 is 0 Å². The number of nitrogens with one attached hydrogen (secondary N) is 2. The highest BCUT2D eigenvalue weighted by molar-refractivity contribution is 7.91. The van der Waals surface area contributed by atoms with Crippen LogP contribution in [0, 0.1) is 0 Å². The van der Waals surface area contributed by atoms with Crippen molar-refractivity contribution in [2.45, 2.75) is 9.79 Å². The van der Waals surface area contributed by atoms with E-state index in [0.717, 1.165) is 12.1 Å². The van der Waals surface area contributed by atoms with Crippen molar-refractivity contribution >= 4 is 55.0 Å². The summed E-state index contributed by atoms with van der Waals surface area (Å²) in [5.41, 5.74) is -0.440. The summed E-state index contributed by atoms with van der Waals surface area (Å²) in [5.74, 6) is -2.40. The zero-order valence-electron chi connectivity index (χ0n) is 22.8. The van der Waals surface area contributed by atoms with Crippen LogP contribution in [0.5, 0.6) is 11.5 Å². The predicted octanol–water partition coefficient (Wildman–Crippen LogP) is 4.65. The highest BCUT2D eigenvalue weighted by Gasteiger charge is 2.20. The fourth-order valence-corrected chi connectivity index (χ4v) is 5.73. The number of fused-ring (bicyclic) bond motifs is 2. The summed E-state index contributed by atoms with van der Waals surface area (Å²) in [6, 6.07) is 20.5. The van der Waals surface area contributed by atoms with E-state index in [2.05, 4.69) is 10.6 Å². The van der Waals surface area contributed by atoms with Gasteiger partial charge < -0.3 is 29.7 Å². The van der Waals surface area contributed by atoms with Crippen molar-refractivity contribution in [1.82, 2.24) is 0 Å². The molecule has 224 valence electrons. The molecule has 0 spiro atoms. The number of sulfone groups is 1. The minimum Gasteiger partial charge on any atom is -0.508 e. The van der Waals surface area contributed by atoms with Crippen molar-refractivity contribution < 1.29 is 37.1 Å². The van der Waals surface area contributed by atoms with Gasteiger partial charge in [-0.15, -0.1) is 0 Å². The Morgan fingerprint density at radius 3 is 1.31 bits per heavy atom. The van der Waals surface area contributed by atoms with Gasteiger partial charge in [-0.2, -0.15) is 0 Å². The van der Waals surface area contributed by atoms with E-state index in [0.29, 0.717) is 0 Å². The molecule has 0 saturated heterocycles. The van der Waals surface area contributed by atoms with Crippen LogP contribution in [-0.4, -0.2) is 30.4 Å². The molecule has 0 saturated carbocycles. The molecule has 12 nitrogen and oxygen atoms in total. The third-order valence-electron chi connectivity index (χ3n) is 6.72. The SMILES string of the molecule is O=C(Nc1ccc(S(=O)(=O)c2ccc(NC(=O)c3cc(=O)c4ccc(O)cc4o3)cc2)cc1)c1cc(=O)c2ccc(O)cc2o1. The second kappa shape index (κ2) is 11.1. The van der Waals surface area contributed by atoms with Crippen LogP contribution in [0.25, 0.3) is 21.9 Å². The third kappa shape index (κ3) is 5.75. The number of rotatable bonds is 6. The van der Waals surface area contributed by atoms with Gasteiger partial charge in [-0.25, -0.2) is 8.42 Å². The standard InChI is InChI=1S/C32H20N2O10S/c35-19-5-11-23-25(37)15-29(43-27(23)13-19)31(39)33-17-1-7-21(8-2-17)45(41,42)22-9-3-18(4-10-22)34-32(40)30-16-26(38)24-12-6-20(36)14-28(24)44-30/h1-16,35-36H,(H,33,39)(H,34,40). The molecule has 2 aromatic heterocycles. The number of carbonyl (C=O) groups excluding carboxylic acids is 2. The van der Waals surface area contributed by atoms with Crippen molar-refractivity contribution in [3.63, 3.8) is 0 Å². The molecule has 6 aromatic rings. The maximum absolute atomic E-state index is 13.2. The number of phenols is 2. The molecular formula is C32H20N2O10S. The summed E-state index contributed by atoms with van der Waals surface area (Å²) in [6.45, 7) is 0. The van der Waals surface area contributed by atoms with Crippen LogP contribution in [0.1, 0.15) is 21.1 Å². The van der Waals surface area contributed by atoms with Crippen molar-refractivity contribution in [1.29, 1.82) is 0 Å². The molecule has 0 aliphatic heterocycles. The molecule has 2 heterocycles. The van der Waals surface area contributed by atoms with Gasteiger partial charge in [-0.3, -0.25) is 19.2 Å². The quantitative estimate of drug-likeness (QED) is 0.203. The van der Waals surface area contributed by atoms with E-state index >= 15 is 0 Å². The lowest BCUT2D eigenvalue weighted by Crippen LogP contribution is -2.15. The Bertz CT molecular complexity index is 2220. The van der Waals surface area contributed by atoms with E-state index in [-0.39, 0.29) is 66.1 Å². The molecule has 0 fully saturated rings. The van der Waals surface area contributed by atoms with Crippen molar-refractivity contribution in [2.24, 2.45) is 0 Å².